The first kappa shape index (κ1) is 9.24. The van der Waals surface area contributed by atoms with Crippen molar-refractivity contribution >= 4 is 27.0 Å². The average Bonchev–Trinajstić information content (AvgIpc) is 2.30. The Morgan fingerprint density at radius 1 is 1.58 bits per heavy atom. The van der Waals surface area contributed by atoms with Crippen LogP contribution in [0.2, 0.25) is 0 Å². The minimum Gasteiger partial charge on any atom is -0.458 e. The zero-order valence-electron chi connectivity index (χ0n) is 5.52. The number of carbonyl (C=O) groups excluding carboxylic acids is 1. The minimum atomic E-state index is -4.43. The molecule has 0 fully saturated rings. The lowest BCUT2D eigenvalue weighted by Gasteiger charge is -1.91. The fourth-order valence-electron chi connectivity index (χ4n) is 0.644. The van der Waals surface area contributed by atoms with Crippen LogP contribution in [0.3, 0.4) is 0 Å². The van der Waals surface area contributed by atoms with Crippen molar-refractivity contribution in [2.24, 2.45) is 0 Å². The molecule has 5 nitrogen and oxygen atoms in total. The third-order valence-corrected chi connectivity index (χ3v) is 2.13. The van der Waals surface area contributed by atoms with Crippen LogP contribution in [0.1, 0.15) is 10.6 Å². The van der Waals surface area contributed by atoms with E-state index in [4.69, 9.17) is 16.2 Å². The third kappa shape index (κ3) is 1.66. The molecule has 0 aliphatic heterocycles. The van der Waals surface area contributed by atoms with E-state index in [9.17, 15) is 13.2 Å². The zero-order chi connectivity index (χ0) is 9.35. The van der Waals surface area contributed by atoms with Crippen molar-refractivity contribution in [2.45, 2.75) is 4.90 Å². The quantitative estimate of drug-likeness (QED) is 0.579. The van der Waals surface area contributed by atoms with E-state index in [1.807, 2.05) is 0 Å². The molecule has 0 unspecified atom stereocenters. The van der Waals surface area contributed by atoms with Gasteiger partial charge >= 0.3 is 0 Å². The van der Waals surface area contributed by atoms with Gasteiger partial charge in [0.25, 0.3) is 15.4 Å². The first-order valence-electron chi connectivity index (χ1n) is 2.67. The Balaban J connectivity index is 3.36. The summed E-state index contributed by atoms with van der Waals surface area (Å²) in [7, 11) is -4.43. The van der Waals surface area contributed by atoms with E-state index in [0.717, 1.165) is 12.3 Å². The normalized spacial score (nSPS) is 11.5. The summed E-state index contributed by atoms with van der Waals surface area (Å²) in [4.78, 5) is 9.85. The highest BCUT2D eigenvalue weighted by Gasteiger charge is 2.22. The Labute approximate surface area is 72.7 Å². The monoisotopic (exact) mass is 210 g/mol. The van der Waals surface area contributed by atoms with Crippen LogP contribution in [-0.2, 0) is 10.1 Å². The lowest BCUT2D eigenvalue weighted by atomic mass is 10.5. The summed E-state index contributed by atoms with van der Waals surface area (Å²) in [6, 6.07) is 0.935. The summed E-state index contributed by atoms with van der Waals surface area (Å²) in [5, 5.41) is -1.08. The van der Waals surface area contributed by atoms with Gasteiger partial charge < -0.3 is 4.42 Å². The van der Waals surface area contributed by atoms with Crippen molar-refractivity contribution in [1.29, 1.82) is 0 Å². The summed E-state index contributed by atoms with van der Waals surface area (Å²) in [6.45, 7) is 0. The van der Waals surface area contributed by atoms with Crippen LogP contribution in [0.5, 0.6) is 0 Å². The van der Waals surface area contributed by atoms with E-state index in [1.54, 1.807) is 0 Å². The summed E-state index contributed by atoms with van der Waals surface area (Å²) >= 11 is 4.95. The van der Waals surface area contributed by atoms with Crippen molar-refractivity contribution < 1.29 is 22.2 Å². The average molecular weight is 211 g/mol. The Morgan fingerprint density at radius 3 is 2.50 bits per heavy atom. The minimum absolute atomic E-state index is 0.584. The van der Waals surface area contributed by atoms with Gasteiger partial charge in [-0.05, 0) is 17.7 Å². The lowest BCUT2D eigenvalue weighted by molar-refractivity contribution is 0.105. The summed E-state index contributed by atoms with van der Waals surface area (Å²) < 4.78 is 33.9. The first-order chi connectivity index (χ1) is 5.43. The molecule has 0 spiro atoms. The molecule has 0 aliphatic carbocycles. The van der Waals surface area contributed by atoms with Crippen LogP contribution in [0.25, 0.3) is 0 Å². The lowest BCUT2D eigenvalue weighted by Crippen LogP contribution is -2.01. The molecule has 0 radical (unpaired) electrons. The van der Waals surface area contributed by atoms with E-state index >= 15 is 0 Å². The van der Waals surface area contributed by atoms with Crippen molar-refractivity contribution in [3.8, 4) is 0 Å². The van der Waals surface area contributed by atoms with Gasteiger partial charge in [0, 0.05) is 0 Å². The second-order valence-corrected chi connectivity index (χ2v) is 3.60. The fourth-order valence-corrected chi connectivity index (χ4v) is 1.45. The van der Waals surface area contributed by atoms with Crippen LogP contribution in [-0.4, -0.2) is 18.2 Å². The molecule has 0 aliphatic rings. The molecule has 66 valence electrons. The highest BCUT2D eigenvalue weighted by Crippen LogP contribution is 2.18. The van der Waals surface area contributed by atoms with Crippen LogP contribution in [0.15, 0.2) is 21.6 Å². The molecule has 0 saturated carbocycles. The molecule has 7 heteroatoms. The Bertz CT molecular complexity index is 403. The van der Waals surface area contributed by atoms with Gasteiger partial charge in [-0.2, -0.15) is 8.42 Å². The van der Waals surface area contributed by atoms with E-state index in [0.29, 0.717) is 0 Å². The van der Waals surface area contributed by atoms with Gasteiger partial charge in [0.15, 0.2) is 0 Å². The second kappa shape index (κ2) is 2.89. The van der Waals surface area contributed by atoms with Gasteiger partial charge in [0.2, 0.25) is 5.76 Å². The molecule has 0 amide bonds. The largest absolute Gasteiger partial charge is 0.458 e. The molecular formula is C5H3ClO5S. The Morgan fingerprint density at radius 2 is 2.17 bits per heavy atom. The molecule has 0 aromatic carbocycles. The molecule has 1 rings (SSSR count). The van der Waals surface area contributed by atoms with E-state index in [2.05, 4.69) is 4.42 Å². The van der Waals surface area contributed by atoms with Gasteiger partial charge in [0.05, 0.1) is 6.26 Å². The van der Waals surface area contributed by atoms with Crippen LogP contribution >= 0.6 is 11.6 Å². The molecule has 1 aromatic rings. The maximum atomic E-state index is 10.5. The molecular weight excluding hydrogens is 208 g/mol. The molecule has 1 N–H and O–H groups in total. The predicted octanol–water partition coefficient (Wildman–Crippen LogP) is 0.905. The number of halogens is 1. The smallest absolute Gasteiger partial charge is 0.298 e. The molecule has 12 heavy (non-hydrogen) atoms. The highest BCUT2D eigenvalue weighted by molar-refractivity contribution is 7.86. The van der Waals surface area contributed by atoms with E-state index in [1.165, 1.54) is 0 Å². The molecule has 1 aromatic heterocycles. The van der Waals surface area contributed by atoms with Crippen molar-refractivity contribution in [1.82, 2.24) is 0 Å². The molecule has 0 bridgehead atoms. The van der Waals surface area contributed by atoms with Gasteiger partial charge in [-0.15, -0.1) is 0 Å². The summed E-state index contributed by atoms with van der Waals surface area (Å²) in [5.41, 5.74) is 0. The number of rotatable bonds is 2. The van der Waals surface area contributed by atoms with Crippen molar-refractivity contribution in [3.05, 3.63) is 18.1 Å². The van der Waals surface area contributed by atoms with Crippen LogP contribution in [0.4, 0.5) is 0 Å². The Kier molecular flexibility index (Phi) is 2.22. The predicted molar refractivity (Wildman–Crippen MR) is 38.7 cm³/mol. The summed E-state index contributed by atoms with van der Waals surface area (Å²) in [5.74, 6) is -0.584. The van der Waals surface area contributed by atoms with Crippen LogP contribution in [0, 0.1) is 0 Å². The highest BCUT2D eigenvalue weighted by atomic mass is 35.5. The zero-order valence-corrected chi connectivity index (χ0v) is 7.09. The maximum absolute atomic E-state index is 10.5. The molecule has 0 saturated heterocycles. The second-order valence-electron chi connectivity index (χ2n) is 1.86. The SMILES string of the molecule is O=C(Cl)c1occc1S(=O)(=O)O. The van der Waals surface area contributed by atoms with E-state index in [-0.39, 0.29) is 0 Å². The third-order valence-electron chi connectivity index (χ3n) is 1.09. The maximum Gasteiger partial charge on any atom is 0.298 e. The first-order valence-corrected chi connectivity index (χ1v) is 4.49. The topological polar surface area (TPSA) is 84.6 Å². The van der Waals surface area contributed by atoms with Gasteiger partial charge in [0.1, 0.15) is 4.90 Å². The number of hydrogen-bond donors (Lipinski definition) is 1. The number of furan rings is 1. The summed E-state index contributed by atoms with van der Waals surface area (Å²) in [6.07, 6.45) is 0.943. The van der Waals surface area contributed by atoms with Gasteiger partial charge in [-0.3, -0.25) is 9.35 Å². The van der Waals surface area contributed by atoms with E-state index < -0.39 is 26.0 Å². The Hall–Kier alpha value is -0.850. The van der Waals surface area contributed by atoms with Crippen LogP contribution < -0.4 is 0 Å². The standard InChI is InChI=1S/C5H3ClO5S/c6-5(7)4-3(1-2-11-4)12(8,9)10/h1-2H,(H,8,9,10). The van der Waals surface area contributed by atoms with Gasteiger partial charge in [-0.1, -0.05) is 0 Å². The number of carbonyl (C=O) groups is 1. The van der Waals surface area contributed by atoms with Crippen molar-refractivity contribution in [2.75, 3.05) is 0 Å². The molecule has 1 heterocycles. The van der Waals surface area contributed by atoms with Crippen molar-refractivity contribution in [3.63, 3.8) is 0 Å². The van der Waals surface area contributed by atoms with Gasteiger partial charge in [-0.25, -0.2) is 0 Å². The molecule has 0 atom stereocenters. The number of hydrogen-bond acceptors (Lipinski definition) is 4. The fraction of sp³-hybridized carbons (Fsp3) is 0.